The van der Waals surface area contributed by atoms with Crippen LogP contribution in [0.15, 0.2) is 23.1 Å². The number of amides is 3. The van der Waals surface area contributed by atoms with E-state index in [9.17, 15) is 31.6 Å². The average molecular weight is 630 g/mol. The van der Waals surface area contributed by atoms with Crippen LogP contribution in [-0.2, 0) is 19.4 Å². The second-order valence-corrected chi connectivity index (χ2v) is 13.9. The minimum absolute atomic E-state index is 0.00766. The van der Waals surface area contributed by atoms with Gasteiger partial charge in [0.2, 0.25) is 11.8 Å². The normalized spacial score (nSPS) is 24.3. The zero-order chi connectivity index (χ0) is 30.9. The third-order valence-electron chi connectivity index (χ3n) is 8.28. The van der Waals surface area contributed by atoms with Crippen LogP contribution in [0.25, 0.3) is 0 Å². The zero-order valence-electron chi connectivity index (χ0n) is 23.2. The maximum atomic E-state index is 13.5. The lowest BCUT2D eigenvalue weighted by atomic mass is 10.1. The zero-order valence-corrected chi connectivity index (χ0v) is 24.8. The molecule has 230 valence electrons. The Labute approximate surface area is 248 Å². The predicted octanol–water partition coefficient (Wildman–Crippen LogP) is 3.13. The number of carboxylic acid groups (broad SMARTS) is 1. The molecule has 0 unspecified atom stereocenters. The van der Waals surface area contributed by atoms with E-state index in [1.807, 2.05) is 6.07 Å². The van der Waals surface area contributed by atoms with Crippen molar-refractivity contribution >= 4 is 45.0 Å². The van der Waals surface area contributed by atoms with Crippen LogP contribution in [-0.4, -0.2) is 97.2 Å². The number of halogens is 3. The Hall–Kier alpha value is -3.18. The molecule has 3 amide bonds. The lowest BCUT2D eigenvalue weighted by Crippen LogP contribution is -2.48. The molecule has 2 saturated carbocycles. The van der Waals surface area contributed by atoms with Crippen LogP contribution in [0, 0.1) is 17.2 Å². The van der Waals surface area contributed by atoms with Gasteiger partial charge in [0.25, 0.3) is 5.92 Å². The molecule has 2 N–H and O–H groups in total. The minimum atomic E-state index is -3.77. The quantitative estimate of drug-likeness (QED) is 0.504. The van der Waals surface area contributed by atoms with Gasteiger partial charge in [-0.05, 0) is 50.3 Å². The van der Waals surface area contributed by atoms with Gasteiger partial charge in [-0.2, -0.15) is 5.26 Å². The lowest BCUT2D eigenvalue weighted by Gasteiger charge is -2.35. The van der Waals surface area contributed by atoms with Gasteiger partial charge in [-0.1, -0.05) is 11.6 Å². The highest BCUT2D eigenvalue weighted by atomic mass is 35.5. The third-order valence-corrected chi connectivity index (χ3v) is 11.0. The molecule has 2 aliphatic carbocycles. The van der Waals surface area contributed by atoms with Gasteiger partial charge in [-0.25, -0.2) is 22.0 Å². The third kappa shape index (κ3) is 7.23. The number of carbonyl (C=O) groups is 3. The summed E-state index contributed by atoms with van der Waals surface area (Å²) in [6, 6.07) is 6.73. The second-order valence-electron chi connectivity index (χ2n) is 11.3. The predicted molar refractivity (Wildman–Crippen MR) is 149 cm³/mol. The highest BCUT2D eigenvalue weighted by molar-refractivity contribution is 7.92. The van der Waals surface area contributed by atoms with Crippen molar-refractivity contribution in [3.05, 3.63) is 23.2 Å². The molecule has 5 rings (SSSR count). The molecule has 1 aromatic carbocycles. The molecule has 0 spiro atoms. The number of nitrogens with one attached hydrogen (secondary N) is 1. The molecule has 2 heterocycles. The van der Waals surface area contributed by atoms with Crippen molar-refractivity contribution in [1.82, 2.24) is 15.1 Å². The van der Waals surface area contributed by atoms with Crippen LogP contribution in [0.4, 0.5) is 19.3 Å². The van der Waals surface area contributed by atoms with Crippen molar-refractivity contribution in [1.29, 1.82) is 5.26 Å². The summed E-state index contributed by atoms with van der Waals surface area (Å²) in [5.74, 6) is -3.78. The number of anilines is 1. The molecule has 2 atom stereocenters. The first kappa shape index (κ1) is 31.7. The molecule has 0 aromatic heterocycles. The summed E-state index contributed by atoms with van der Waals surface area (Å²) in [5.41, 5.74) is 0.0582. The van der Waals surface area contributed by atoms with E-state index in [1.165, 1.54) is 13.0 Å². The Bertz CT molecular complexity index is 1380. The maximum absolute atomic E-state index is 13.5. The number of sulfone groups is 1. The maximum Gasteiger partial charge on any atom is 0.405 e. The highest BCUT2D eigenvalue weighted by Crippen LogP contribution is 2.39. The summed E-state index contributed by atoms with van der Waals surface area (Å²) >= 11 is 6.40. The number of rotatable bonds is 5. The fourth-order valence-electron chi connectivity index (χ4n) is 5.60. The number of carbonyl (C=O) groups excluding carboxylic acids is 2. The molecule has 11 nitrogen and oxygen atoms in total. The van der Waals surface area contributed by atoms with Crippen LogP contribution >= 0.6 is 11.6 Å². The molecule has 42 heavy (non-hydrogen) atoms. The lowest BCUT2D eigenvalue weighted by molar-refractivity contribution is -0.135. The van der Waals surface area contributed by atoms with E-state index >= 15 is 0 Å². The first-order valence-electron chi connectivity index (χ1n) is 13.8. The highest BCUT2D eigenvalue weighted by Gasteiger charge is 2.46. The Balaban J connectivity index is 0.000000385. The van der Waals surface area contributed by atoms with E-state index in [4.69, 9.17) is 22.0 Å². The van der Waals surface area contributed by atoms with Crippen LogP contribution in [0.1, 0.15) is 45.4 Å². The Kier molecular flexibility index (Phi) is 9.22. The van der Waals surface area contributed by atoms with Crippen LogP contribution in [0.2, 0.25) is 5.02 Å². The number of hydrogen-bond acceptors (Lipinski definition) is 7. The first-order chi connectivity index (χ1) is 19.7. The van der Waals surface area contributed by atoms with E-state index in [2.05, 4.69) is 10.2 Å². The first-order valence-corrected chi connectivity index (χ1v) is 15.7. The summed E-state index contributed by atoms with van der Waals surface area (Å²) in [5, 5.41) is 18.0. The van der Waals surface area contributed by atoms with Gasteiger partial charge in [0.15, 0.2) is 9.84 Å². The summed E-state index contributed by atoms with van der Waals surface area (Å²) in [7, 11) is -3.77. The fourth-order valence-corrected chi connectivity index (χ4v) is 7.98. The van der Waals surface area contributed by atoms with Crippen molar-refractivity contribution < 1.29 is 36.7 Å². The average Bonchev–Trinajstić information content (AvgIpc) is 3.33. The smallest absolute Gasteiger partial charge is 0.405 e. The SMILES string of the molecule is CC(=O)N1CCN(c2ccc(S(=O)(=O)[C@H]3CC[C@@H](C(=O)N4CCC(F)(F)C4)C3)c(Cl)c2)CC1.N#CC1(NC(=O)O)CC1. The summed E-state index contributed by atoms with van der Waals surface area (Å²) in [4.78, 5) is 39.1. The topological polar surface area (TPSA) is 151 Å². The largest absolute Gasteiger partial charge is 0.465 e. The Morgan fingerprint density at radius 2 is 1.74 bits per heavy atom. The number of benzene rings is 1. The van der Waals surface area contributed by atoms with Gasteiger partial charge >= 0.3 is 6.09 Å². The molecular weight excluding hydrogens is 596 g/mol. The number of likely N-dealkylation sites (tertiary alicyclic amines) is 1. The molecule has 0 bridgehead atoms. The van der Waals surface area contributed by atoms with Gasteiger partial charge in [0.05, 0.1) is 27.8 Å². The van der Waals surface area contributed by atoms with Crippen molar-refractivity contribution in [2.45, 2.75) is 67.1 Å². The van der Waals surface area contributed by atoms with Crippen LogP contribution in [0.3, 0.4) is 0 Å². The number of alkyl halides is 2. The Morgan fingerprint density at radius 1 is 1.07 bits per heavy atom. The molecule has 2 saturated heterocycles. The number of nitrogens with zero attached hydrogens (tertiary/aromatic N) is 4. The summed E-state index contributed by atoms with van der Waals surface area (Å²) in [6.45, 7) is 3.39. The molecule has 0 radical (unpaired) electrons. The van der Waals surface area contributed by atoms with Gasteiger partial charge in [0, 0.05) is 57.7 Å². The van der Waals surface area contributed by atoms with E-state index in [0.717, 1.165) is 10.6 Å². The minimum Gasteiger partial charge on any atom is -0.465 e. The Morgan fingerprint density at radius 3 is 2.21 bits per heavy atom. The van der Waals surface area contributed by atoms with Gasteiger partial charge in [-0.3, -0.25) is 9.59 Å². The summed E-state index contributed by atoms with van der Waals surface area (Å²) < 4.78 is 53.5. The molecule has 1 aromatic rings. The molecule has 15 heteroatoms. The fraction of sp³-hybridized carbons (Fsp3) is 0.630. The van der Waals surface area contributed by atoms with Crippen molar-refractivity contribution in [3.63, 3.8) is 0 Å². The molecule has 2 aliphatic heterocycles. The van der Waals surface area contributed by atoms with Crippen LogP contribution in [0.5, 0.6) is 0 Å². The van der Waals surface area contributed by atoms with Crippen molar-refractivity contribution in [2.24, 2.45) is 5.92 Å². The standard InChI is InChI=1S/C22H28ClF2N3O4S.C5H6N2O2/c1-15(29)26-8-10-27(11-9-26)17-3-5-20(19(23)13-17)33(31,32)18-4-2-16(12-18)21(30)28-7-6-22(24,25)14-28;6-3-5(1-2-5)7-4(8)9/h3,5,13,16,18H,2,4,6-12,14H2,1H3;7H,1-2H2,(H,8,9)/t16-,18+;/m1./s1. The monoisotopic (exact) mass is 629 g/mol. The van der Waals surface area contributed by atoms with Gasteiger partial charge in [0.1, 0.15) is 5.54 Å². The molecule has 4 fully saturated rings. The number of piperazine rings is 1. The summed E-state index contributed by atoms with van der Waals surface area (Å²) in [6.07, 6.45) is 0.613. The van der Waals surface area contributed by atoms with E-state index in [1.54, 1.807) is 17.0 Å². The van der Waals surface area contributed by atoms with Gasteiger partial charge < -0.3 is 25.1 Å². The van der Waals surface area contributed by atoms with Crippen LogP contribution < -0.4 is 10.2 Å². The molecular formula is C27H34ClF2N5O6S. The second kappa shape index (κ2) is 12.2. The van der Waals surface area contributed by atoms with E-state index in [0.29, 0.717) is 51.9 Å². The van der Waals surface area contributed by atoms with E-state index < -0.39 is 45.1 Å². The van der Waals surface area contributed by atoms with Crippen molar-refractivity contribution in [3.8, 4) is 6.07 Å². The number of hydrogen-bond donors (Lipinski definition) is 2. The van der Waals surface area contributed by atoms with E-state index in [-0.39, 0.29) is 41.1 Å². The van der Waals surface area contributed by atoms with Gasteiger partial charge in [-0.15, -0.1) is 0 Å². The molecule has 4 aliphatic rings. The van der Waals surface area contributed by atoms with Crippen molar-refractivity contribution in [2.75, 3.05) is 44.2 Å². The number of nitriles is 1.